The van der Waals surface area contributed by atoms with Crippen LogP contribution >= 0.6 is 0 Å². The van der Waals surface area contributed by atoms with Gasteiger partial charge in [0.15, 0.2) is 0 Å². The largest absolute Gasteiger partial charge is 0.477 e. The number of carbonyl (C=O) groups excluding carboxylic acids is 1. The van der Waals surface area contributed by atoms with Crippen molar-refractivity contribution in [3.05, 3.63) is 48.2 Å². The number of pyridine rings is 1. The molecular weight excluding hydrogens is 390 g/mol. The first kappa shape index (κ1) is 21.3. The van der Waals surface area contributed by atoms with Gasteiger partial charge in [0.05, 0.1) is 11.5 Å². The van der Waals surface area contributed by atoms with Crippen molar-refractivity contribution in [2.45, 2.75) is 32.1 Å². The summed E-state index contributed by atoms with van der Waals surface area (Å²) < 4.78 is 32.9. The van der Waals surface area contributed by atoms with Gasteiger partial charge in [-0.1, -0.05) is 13.8 Å². The lowest BCUT2D eigenvalue weighted by atomic mass is 9.94. The highest BCUT2D eigenvalue weighted by Crippen LogP contribution is 2.27. The second-order valence-electron chi connectivity index (χ2n) is 7.54. The lowest BCUT2D eigenvalue weighted by Gasteiger charge is -2.34. The summed E-state index contributed by atoms with van der Waals surface area (Å²) >= 11 is 0. The van der Waals surface area contributed by atoms with E-state index in [2.05, 4.69) is 24.1 Å². The van der Waals surface area contributed by atoms with E-state index < -0.39 is 10.0 Å². The van der Waals surface area contributed by atoms with Crippen molar-refractivity contribution < 1.29 is 17.9 Å². The normalized spacial score (nSPS) is 20.2. The Hall–Kier alpha value is -2.45. The van der Waals surface area contributed by atoms with Crippen molar-refractivity contribution >= 4 is 21.6 Å². The van der Waals surface area contributed by atoms with E-state index in [9.17, 15) is 13.2 Å². The molecule has 29 heavy (non-hydrogen) atoms. The molecule has 1 aliphatic heterocycles. The fourth-order valence-corrected chi connectivity index (χ4v) is 5.35. The zero-order chi connectivity index (χ0) is 21.0. The molecule has 1 saturated heterocycles. The molecule has 0 saturated carbocycles. The number of rotatable bonds is 6. The minimum absolute atomic E-state index is 0.230. The second kappa shape index (κ2) is 8.92. The quantitative estimate of drug-likeness (QED) is 0.778. The van der Waals surface area contributed by atoms with Crippen molar-refractivity contribution in [2.75, 3.05) is 25.0 Å². The lowest BCUT2D eigenvalue weighted by molar-refractivity contribution is 0.102. The molecule has 8 heteroatoms. The number of benzene rings is 1. The SMILES string of the molecule is CCOc1ncccc1C(=O)Nc1ccc(S(=O)(=O)N2C[C@H](C)C[C@H](C)C2)cc1. The smallest absolute Gasteiger partial charge is 0.261 e. The van der Waals surface area contributed by atoms with Gasteiger partial charge in [0.1, 0.15) is 5.56 Å². The first-order valence-corrected chi connectivity index (χ1v) is 11.2. The van der Waals surface area contributed by atoms with E-state index in [1.165, 1.54) is 12.1 Å². The molecule has 0 unspecified atom stereocenters. The van der Waals surface area contributed by atoms with Gasteiger partial charge in [-0.2, -0.15) is 4.31 Å². The topological polar surface area (TPSA) is 88.6 Å². The third-order valence-corrected chi connectivity index (χ3v) is 6.73. The summed E-state index contributed by atoms with van der Waals surface area (Å²) in [5, 5.41) is 2.76. The Balaban J connectivity index is 1.74. The summed E-state index contributed by atoms with van der Waals surface area (Å²) in [5.74, 6) is 0.577. The van der Waals surface area contributed by atoms with Crippen LogP contribution in [-0.4, -0.2) is 43.3 Å². The number of nitrogens with one attached hydrogen (secondary N) is 1. The van der Waals surface area contributed by atoms with Gasteiger partial charge >= 0.3 is 0 Å². The Morgan fingerprint density at radius 1 is 1.17 bits per heavy atom. The highest BCUT2D eigenvalue weighted by molar-refractivity contribution is 7.89. The van der Waals surface area contributed by atoms with Gasteiger partial charge in [0.25, 0.3) is 5.91 Å². The summed E-state index contributed by atoms with van der Waals surface area (Å²) in [6.45, 7) is 7.44. The van der Waals surface area contributed by atoms with Crippen LogP contribution in [-0.2, 0) is 10.0 Å². The molecule has 1 aromatic heterocycles. The molecule has 3 rings (SSSR count). The molecule has 0 spiro atoms. The lowest BCUT2D eigenvalue weighted by Crippen LogP contribution is -2.42. The average molecular weight is 418 g/mol. The van der Waals surface area contributed by atoms with E-state index in [-0.39, 0.29) is 16.7 Å². The number of nitrogens with zero attached hydrogens (tertiary/aromatic N) is 2. The number of aromatic nitrogens is 1. The number of ether oxygens (including phenoxy) is 1. The summed E-state index contributed by atoms with van der Waals surface area (Å²) in [5.41, 5.74) is 0.822. The van der Waals surface area contributed by atoms with Crippen molar-refractivity contribution in [3.8, 4) is 5.88 Å². The molecule has 1 aliphatic rings. The predicted molar refractivity (Wildman–Crippen MR) is 112 cm³/mol. The van der Waals surface area contributed by atoms with Crippen molar-refractivity contribution in [1.29, 1.82) is 0 Å². The first-order valence-electron chi connectivity index (χ1n) is 9.80. The Bertz CT molecular complexity index is 950. The van der Waals surface area contributed by atoms with Gasteiger partial charge < -0.3 is 10.1 Å². The predicted octanol–water partition coefficient (Wildman–Crippen LogP) is 3.40. The Labute approximate surface area is 172 Å². The number of sulfonamides is 1. The van der Waals surface area contributed by atoms with Crippen molar-refractivity contribution in [3.63, 3.8) is 0 Å². The fourth-order valence-electron chi connectivity index (χ4n) is 3.68. The molecule has 1 aromatic carbocycles. The summed E-state index contributed by atoms with van der Waals surface area (Å²) in [6.07, 6.45) is 2.60. The van der Waals surface area contributed by atoms with Gasteiger partial charge in [0.2, 0.25) is 15.9 Å². The summed E-state index contributed by atoms with van der Waals surface area (Å²) in [6, 6.07) is 9.54. The van der Waals surface area contributed by atoms with Crippen LogP contribution < -0.4 is 10.1 Å². The average Bonchev–Trinajstić information content (AvgIpc) is 2.68. The van der Waals surface area contributed by atoms with E-state index in [1.807, 2.05) is 6.92 Å². The molecule has 0 radical (unpaired) electrons. The van der Waals surface area contributed by atoms with Gasteiger partial charge in [-0.3, -0.25) is 4.79 Å². The first-order chi connectivity index (χ1) is 13.8. The van der Waals surface area contributed by atoms with Crippen LogP contribution in [0.15, 0.2) is 47.5 Å². The van der Waals surface area contributed by atoms with Crippen LogP contribution in [0.1, 0.15) is 37.6 Å². The molecule has 1 fully saturated rings. The number of piperidine rings is 1. The fraction of sp³-hybridized carbons (Fsp3) is 0.429. The minimum Gasteiger partial charge on any atom is -0.477 e. The minimum atomic E-state index is -3.55. The van der Waals surface area contributed by atoms with E-state index in [1.54, 1.807) is 34.8 Å². The van der Waals surface area contributed by atoms with Gasteiger partial charge in [-0.05, 0) is 61.6 Å². The van der Waals surface area contributed by atoms with Crippen LogP contribution in [0.25, 0.3) is 0 Å². The third kappa shape index (κ3) is 4.94. The molecule has 1 amide bonds. The maximum Gasteiger partial charge on any atom is 0.261 e. The zero-order valence-corrected chi connectivity index (χ0v) is 17.8. The highest BCUT2D eigenvalue weighted by Gasteiger charge is 2.31. The van der Waals surface area contributed by atoms with Crippen LogP contribution in [0.3, 0.4) is 0 Å². The molecule has 156 valence electrons. The molecule has 7 nitrogen and oxygen atoms in total. The molecule has 0 bridgehead atoms. The Kier molecular flexibility index (Phi) is 6.54. The maximum atomic E-state index is 13.0. The van der Waals surface area contributed by atoms with Crippen LogP contribution in [0, 0.1) is 11.8 Å². The zero-order valence-electron chi connectivity index (χ0n) is 17.0. The van der Waals surface area contributed by atoms with Gasteiger partial charge in [0, 0.05) is 25.0 Å². The monoisotopic (exact) mass is 417 g/mol. The molecule has 2 atom stereocenters. The van der Waals surface area contributed by atoms with E-state index in [0.29, 0.717) is 42.8 Å². The number of amides is 1. The second-order valence-corrected chi connectivity index (χ2v) is 9.47. The summed E-state index contributed by atoms with van der Waals surface area (Å²) in [4.78, 5) is 16.9. The van der Waals surface area contributed by atoms with Gasteiger partial charge in [-0.25, -0.2) is 13.4 Å². The number of hydrogen-bond acceptors (Lipinski definition) is 5. The molecule has 2 aromatic rings. The molecule has 2 heterocycles. The van der Waals surface area contributed by atoms with Crippen molar-refractivity contribution in [1.82, 2.24) is 9.29 Å². The van der Waals surface area contributed by atoms with Crippen molar-refractivity contribution in [2.24, 2.45) is 11.8 Å². The standard InChI is InChI=1S/C21H27N3O4S/c1-4-28-21-19(6-5-11-22-21)20(25)23-17-7-9-18(10-8-17)29(26,27)24-13-15(2)12-16(3)14-24/h5-11,15-16H,4,12-14H2,1-3H3,(H,23,25)/t15-,16+. The molecular formula is C21H27N3O4S. The van der Waals surface area contributed by atoms with Gasteiger partial charge in [-0.15, -0.1) is 0 Å². The van der Waals surface area contributed by atoms with Crippen LogP contribution in [0.4, 0.5) is 5.69 Å². The Morgan fingerprint density at radius 3 is 2.45 bits per heavy atom. The molecule has 0 aliphatic carbocycles. The van der Waals surface area contributed by atoms with Crippen LogP contribution in [0.5, 0.6) is 5.88 Å². The number of anilines is 1. The van der Waals surface area contributed by atoms with E-state index in [0.717, 1.165) is 6.42 Å². The Morgan fingerprint density at radius 2 is 1.83 bits per heavy atom. The maximum absolute atomic E-state index is 13.0. The summed E-state index contributed by atoms with van der Waals surface area (Å²) in [7, 11) is -3.55. The van der Waals surface area contributed by atoms with E-state index in [4.69, 9.17) is 4.74 Å². The van der Waals surface area contributed by atoms with Crippen LogP contribution in [0.2, 0.25) is 0 Å². The highest BCUT2D eigenvalue weighted by atomic mass is 32.2. The molecule has 1 N–H and O–H groups in total. The van der Waals surface area contributed by atoms with E-state index >= 15 is 0 Å². The number of carbonyl (C=O) groups is 1. The number of hydrogen-bond donors (Lipinski definition) is 1. The third-order valence-electron chi connectivity index (χ3n) is 4.88.